The SMILES string of the molecule is COC(=O)CC1OCCC2C1=Nc1ccccc12. The van der Waals surface area contributed by atoms with E-state index in [9.17, 15) is 4.79 Å². The van der Waals surface area contributed by atoms with Gasteiger partial charge in [-0.1, -0.05) is 18.2 Å². The van der Waals surface area contributed by atoms with E-state index in [-0.39, 0.29) is 18.5 Å². The van der Waals surface area contributed by atoms with Crippen LogP contribution in [0.3, 0.4) is 0 Å². The third kappa shape index (κ3) is 1.82. The summed E-state index contributed by atoms with van der Waals surface area (Å²) in [5.41, 5.74) is 3.25. The minimum Gasteiger partial charge on any atom is -0.469 e. The summed E-state index contributed by atoms with van der Waals surface area (Å²) in [7, 11) is 1.40. The molecule has 2 aliphatic heterocycles. The Morgan fingerprint density at radius 2 is 2.33 bits per heavy atom. The second-order valence-electron chi connectivity index (χ2n) is 4.58. The first-order valence-corrected chi connectivity index (χ1v) is 6.15. The lowest BCUT2D eigenvalue weighted by atomic mass is 9.87. The van der Waals surface area contributed by atoms with Gasteiger partial charge in [-0.15, -0.1) is 0 Å². The minimum absolute atomic E-state index is 0.233. The van der Waals surface area contributed by atoms with Crippen molar-refractivity contribution < 1.29 is 14.3 Å². The standard InChI is InChI=1S/C14H15NO3/c1-17-13(16)8-12-14-10(6-7-18-12)9-4-2-3-5-11(9)15-14/h2-5,10,12H,6-8H2,1H3. The molecule has 0 bridgehead atoms. The molecule has 0 aliphatic carbocycles. The summed E-state index contributed by atoms with van der Waals surface area (Å²) < 4.78 is 10.4. The van der Waals surface area contributed by atoms with Crippen LogP contribution in [-0.4, -0.2) is 31.5 Å². The highest BCUT2D eigenvalue weighted by atomic mass is 16.5. The van der Waals surface area contributed by atoms with Gasteiger partial charge in [0, 0.05) is 12.5 Å². The Kier molecular flexibility index (Phi) is 2.88. The average Bonchev–Trinajstić information content (AvgIpc) is 2.78. The number of carbonyl (C=O) groups is 1. The number of esters is 1. The molecule has 0 amide bonds. The molecule has 3 rings (SSSR count). The van der Waals surface area contributed by atoms with Crippen molar-refractivity contribution in [1.82, 2.24) is 0 Å². The summed E-state index contributed by atoms with van der Waals surface area (Å²) in [6.07, 6.45) is 0.955. The third-order valence-electron chi connectivity index (χ3n) is 3.55. The molecule has 1 fully saturated rings. The van der Waals surface area contributed by atoms with Crippen molar-refractivity contribution in [2.45, 2.75) is 24.9 Å². The van der Waals surface area contributed by atoms with Gasteiger partial charge in [-0.05, 0) is 18.1 Å². The molecule has 0 spiro atoms. The van der Waals surface area contributed by atoms with E-state index in [1.165, 1.54) is 12.7 Å². The Balaban J connectivity index is 1.88. The fourth-order valence-corrected chi connectivity index (χ4v) is 2.67. The number of nitrogens with zero attached hydrogens (tertiary/aromatic N) is 1. The molecule has 4 heteroatoms. The number of benzene rings is 1. The first-order valence-electron chi connectivity index (χ1n) is 6.15. The Labute approximate surface area is 106 Å². The van der Waals surface area contributed by atoms with Gasteiger partial charge in [0.2, 0.25) is 0 Å². The van der Waals surface area contributed by atoms with Gasteiger partial charge in [0.05, 0.1) is 24.9 Å². The second kappa shape index (κ2) is 4.53. The zero-order chi connectivity index (χ0) is 12.5. The first-order chi connectivity index (χ1) is 8.79. The predicted molar refractivity (Wildman–Crippen MR) is 67.3 cm³/mol. The summed E-state index contributed by atoms with van der Waals surface area (Å²) >= 11 is 0. The van der Waals surface area contributed by atoms with E-state index in [0.29, 0.717) is 12.5 Å². The molecule has 0 N–H and O–H groups in total. The normalized spacial score (nSPS) is 25.1. The summed E-state index contributed by atoms with van der Waals surface area (Å²) in [6, 6.07) is 8.13. The molecule has 2 heterocycles. The zero-order valence-corrected chi connectivity index (χ0v) is 10.3. The molecule has 1 aromatic rings. The number of rotatable bonds is 2. The van der Waals surface area contributed by atoms with E-state index >= 15 is 0 Å². The van der Waals surface area contributed by atoms with Crippen LogP contribution in [0, 0.1) is 0 Å². The van der Waals surface area contributed by atoms with E-state index in [2.05, 4.69) is 11.1 Å². The van der Waals surface area contributed by atoms with Crippen LogP contribution in [0.15, 0.2) is 29.3 Å². The van der Waals surface area contributed by atoms with Crippen LogP contribution in [0.2, 0.25) is 0 Å². The number of hydrogen-bond acceptors (Lipinski definition) is 4. The lowest BCUT2D eigenvalue weighted by Crippen LogP contribution is -2.35. The number of carbonyl (C=O) groups excluding carboxylic acids is 1. The van der Waals surface area contributed by atoms with Crippen LogP contribution in [0.4, 0.5) is 5.69 Å². The van der Waals surface area contributed by atoms with Crippen molar-refractivity contribution in [1.29, 1.82) is 0 Å². The number of ether oxygens (including phenoxy) is 2. The largest absolute Gasteiger partial charge is 0.469 e. The summed E-state index contributed by atoms with van der Waals surface area (Å²) in [4.78, 5) is 16.0. The minimum atomic E-state index is -0.251. The maximum Gasteiger partial charge on any atom is 0.308 e. The van der Waals surface area contributed by atoms with Crippen molar-refractivity contribution in [3.8, 4) is 0 Å². The van der Waals surface area contributed by atoms with Crippen LogP contribution in [0.1, 0.15) is 24.3 Å². The lowest BCUT2D eigenvalue weighted by Gasteiger charge is -2.28. The maximum atomic E-state index is 11.4. The van der Waals surface area contributed by atoms with Crippen LogP contribution < -0.4 is 0 Å². The molecule has 4 nitrogen and oxygen atoms in total. The van der Waals surface area contributed by atoms with Crippen molar-refractivity contribution in [3.05, 3.63) is 29.8 Å². The summed E-state index contributed by atoms with van der Waals surface area (Å²) in [6.45, 7) is 0.666. The monoisotopic (exact) mass is 245 g/mol. The fourth-order valence-electron chi connectivity index (χ4n) is 2.67. The molecule has 1 saturated heterocycles. The Morgan fingerprint density at radius 1 is 1.50 bits per heavy atom. The Hall–Kier alpha value is -1.68. The van der Waals surface area contributed by atoms with Crippen LogP contribution in [-0.2, 0) is 14.3 Å². The molecule has 94 valence electrons. The molecule has 0 saturated carbocycles. The third-order valence-corrected chi connectivity index (χ3v) is 3.55. The van der Waals surface area contributed by atoms with E-state index in [1.54, 1.807) is 0 Å². The number of fused-ring (bicyclic) bond motifs is 3. The number of para-hydroxylation sites is 1. The van der Waals surface area contributed by atoms with Gasteiger partial charge < -0.3 is 9.47 Å². The van der Waals surface area contributed by atoms with Crippen LogP contribution in [0.25, 0.3) is 0 Å². The van der Waals surface area contributed by atoms with E-state index in [1.807, 2.05) is 18.2 Å². The molecular weight excluding hydrogens is 230 g/mol. The fraction of sp³-hybridized carbons (Fsp3) is 0.429. The van der Waals surface area contributed by atoms with E-state index in [4.69, 9.17) is 9.47 Å². The molecular formula is C14H15NO3. The Bertz CT molecular complexity index is 510. The predicted octanol–water partition coefficient (Wildman–Crippen LogP) is 2.21. The van der Waals surface area contributed by atoms with Gasteiger partial charge in [0.1, 0.15) is 6.10 Å². The molecule has 0 radical (unpaired) electrons. The second-order valence-corrected chi connectivity index (χ2v) is 4.58. The summed E-state index contributed by atoms with van der Waals surface area (Å²) in [5.74, 6) is 0.0592. The van der Waals surface area contributed by atoms with Gasteiger partial charge in [-0.2, -0.15) is 0 Å². The van der Waals surface area contributed by atoms with Crippen molar-refractivity contribution in [3.63, 3.8) is 0 Å². The van der Waals surface area contributed by atoms with Gasteiger partial charge in [0.25, 0.3) is 0 Å². The van der Waals surface area contributed by atoms with Gasteiger partial charge >= 0.3 is 5.97 Å². The lowest BCUT2D eigenvalue weighted by molar-refractivity contribution is -0.142. The highest BCUT2D eigenvalue weighted by molar-refractivity contribution is 6.03. The smallest absolute Gasteiger partial charge is 0.308 e. The quantitative estimate of drug-likeness (QED) is 0.750. The molecule has 2 unspecified atom stereocenters. The van der Waals surface area contributed by atoms with Gasteiger partial charge in [0.15, 0.2) is 0 Å². The molecule has 0 aromatic heterocycles. The van der Waals surface area contributed by atoms with E-state index < -0.39 is 0 Å². The van der Waals surface area contributed by atoms with Crippen LogP contribution >= 0.6 is 0 Å². The summed E-state index contributed by atoms with van der Waals surface area (Å²) in [5, 5.41) is 0. The molecule has 18 heavy (non-hydrogen) atoms. The highest BCUT2D eigenvalue weighted by Crippen LogP contribution is 2.41. The average molecular weight is 245 g/mol. The van der Waals surface area contributed by atoms with Crippen molar-refractivity contribution in [2.75, 3.05) is 13.7 Å². The van der Waals surface area contributed by atoms with Crippen molar-refractivity contribution in [2.24, 2.45) is 4.99 Å². The maximum absolute atomic E-state index is 11.4. The zero-order valence-electron chi connectivity index (χ0n) is 10.3. The highest BCUT2D eigenvalue weighted by Gasteiger charge is 2.37. The Morgan fingerprint density at radius 3 is 3.17 bits per heavy atom. The number of aliphatic imine (C=N–C) groups is 1. The number of methoxy groups -OCH3 is 1. The molecule has 2 atom stereocenters. The topological polar surface area (TPSA) is 47.9 Å². The number of hydrogen-bond donors (Lipinski definition) is 0. The van der Waals surface area contributed by atoms with Crippen molar-refractivity contribution >= 4 is 17.4 Å². The van der Waals surface area contributed by atoms with Crippen LogP contribution in [0.5, 0.6) is 0 Å². The van der Waals surface area contributed by atoms with Gasteiger partial charge in [-0.25, -0.2) is 0 Å². The first kappa shape index (κ1) is 11.4. The van der Waals surface area contributed by atoms with E-state index in [0.717, 1.165) is 17.8 Å². The molecule has 1 aromatic carbocycles. The molecule has 2 aliphatic rings. The van der Waals surface area contributed by atoms with Gasteiger partial charge in [-0.3, -0.25) is 9.79 Å².